The number of amides is 1. The Labute approximate surface area is 118 Å². The van der Waals surface area contributed by atoms with Gasteiger partial charge in [-0.15, -0.1) is 0 Å². The first kappa shape index (κ1) is 13.4. The van der Waals surface area contributed by atoms with Gasteiger partial charge in [0.15, 0.2) is 0 Å². The summed E-state index contributed by atoms with van der Waals surface area (Å²) in [6.45, 7) is 2.34. The Kier molecular flexibility index (Phi) is 4.40. The highest BCUT2D eigenvalue weighted by molar-refractivity contribution is 9.10. The van der Waals surface area contributed by atoms with Gasteiger partial charge in [-0.25, -0.2) is 9.97 Å². The number of carbonyl (C=O) groups is 1. The minimum absolute atomic E-state index is 0.276. The van der Waals surface area contributed by atoms with Gasteiger partial charge in [0.25, 0.3) is 5.91 Å². The largest absolute Gasteiger partial charge is 0.464 e. The van der Waals surface area contributed by atoms with Gasteiger partial charge in [-0.2, -0.15) is 0 Å². The number of nitrogens with one attached hydrogen (secondary N) is 1. The van der Waals surface area contributed by atoms with Gasteiger partial charge in [-0.05, 0) is 28.9 Å². The molecule has 2 aromatic heterocycles. The van der Waals surface area contributed by atoms with E-state index in [9.17, 15) is 4.79 Å². The first-order chi connectivity index (χ1) is 9.19. The molecule has 0 radical (unpaired) electrons. The number of carbonyl (C=O) groups excluding carboxylic acids is 1. The molecule has 0 aliphatic carbocycles. The molecular weight excluding hydrogens is 312 g/mol. The highest BCUT2D eigenvalue weighted by Crippen LogP contribution is 2.12. The Balaban J connectivity index is 2.06. The van der Waals surface area contributed by atoms with E-state index in [0.29, 0.717) is 17.9 Å². The summed E-state index contributed by atoms with van der Waals surface area (Å²) in [5.41, 5.74) is 0.941. The maximum Gasteiger partial charge on any atom is 0.316 e. The van der Waals surface area contributed by atoms with E-state index in [1.807, 2.05) is 6.92 Å². The van der Waals surface area contributed by atoms with Crippen LogP contribution in [-0.2, 0) is 0 Å². The van der Waals surface area contributed by atoms with Gasteiger partial charge < -0.3 is 10.1 Å². The Morgan fingerprint density at radius 1 is 1.32 bits per heavy atom. The zero-order valence-electron chi connectivity index (χ0n) is 10.1. The summed E-state index contributed by atoms with van der Waals surface area (Å²) in [6, 6.07) is 1.96. The topological polar surface area (TPSA) is 77.0 Å². The molecule has 0 unspecified atom stereocenters. The molecule has 0 atom stereocenters. The van der Waals surface area contributed by atoms with Crippen LogP contribution in [-0.4, -0.2) is 27.5 Å². The average Bonchev–Trinajstić information content (AvgIpc) is 2.41. The second-order valence-electron chi connectivity index (χ2n) is 3.53. The average molecular weight is 323 g/mol. The van der Waals surface area contributed by atoms with Crippen LogP contribution in [0, 0.1) is 0 Å². The minimum Gasteiger partial charge on any atom is -0.464 e. The molecule has 0 saturated heterocycles. The summed E-state index contributed by atoms with van der Waals surface area (Å²) in [5.74, 6) is -0.276. The molecule has 7 heteroatoms. The van der Waals surface area contributed by atoms with Gasteiger partial charge >= 0.3 is 6.01 Å². The zero-order chi connectivity index (χ0) is 13.7. The van der Waals surface area contributed by atoms with E-state index in [-0.39, 0.29) is 11.9 Å². The lowest BCUT2D eigenvalue weighted by Crippen LogP contribution is -2.12. The van der Waals surface area contributed by atoms with Gasteiger partial charge in [0.2, 0.25) is 0 Å². The minimum atomic E-state index is -0.276. The van der Waals surface area contributed by atoms with Crippen LogP contribution in [0.15, 0.2) is 35.3 Å². The van der Waals surface area contributed by atoms with Crippen LogP contribution < -0.4 is 10.1 Å². The molecule has 0 aliphatic heterocycles. The van der Waals surface area contributed by atoms with Crippen molar-refractivity contribution in [3.8, 4) is 6.01 Å². The summed E-state index contributed by atoms with van der Waals surface area (Å²) in [6.07, 6.45) is 6.06. The SMILES string of the molecule is CCOc1ncc(NC(=O)c2cncc(Br)c2)cn1. The summed E-state index contributed by atoms with van der Waals surface area (Å²) in [7, 11) is 0. The van der Waals surface area contributed by atoms with Crippen LogP contribution in [0.4, 0.5) is 5.69 Å². The molecule has 2 rings (SSSR count). The van der Waals surface area contributed by atoms with Crippen molar-refractivity contribution in [3.63, 3.8) is 0 Å². The predicted octanol–water partition coefficient (Wildman–Crippen LogP) is 2.29. The van der Waals surface area contributed by atoms with E-state index in [1.165, 1.54) is 18.6 Å². The number of hydrogen-bond donors (Lipinski definition) is 1. The van der Waals surface area contributed by atoms with Gasteiger partial charge in [-0.3, -0.25) is 9.78 Å². The van der Waals surface area contributed by atoms with Gasteiger partial charge in [-0.1, -0.05) is 0 Å². The molecule has 1 N–H and O–H groups in total. The van der Waals surface area contributed by atoms with E-state index in [1.54, 1.807) is 12.3 Å². The highest BCUT2D eigenvalue weighted by atomic mass is 79.9. The lowest BCUT2D eigenvalue weighted by molar-refractivity contribution is 0.102. The first-order valence-electron chi connectivity index (χ1n) is 5.56. The summed E-state index contributed by atoms with van der Waals surface area (Å²) in [5, 5.41) is 2.67. The molecule has 19 heavy (non-hydrogen) atoms. The van der Waals surface area contributed by atoms with E-state index >= 15 is 0 Å². The molecule has 0 saturated carbocycles. The second kappa shape index (κ2) is 6.24. The molecule has 0 fully saturated rings. The van der Waals surface area contributed by atoms with Crippen molar-refractivity contribution in [2.45, 2.75) is 6.92 Å². The fourth-order valence-electron chi connectivity index (χ4n) is 1.32. The Bertz CT molecular complexity index is 574. The fourth-order valence-corrected chi connectivity index (χ4v) is 1.69. The third-order valence-electron chi connectivity index (χ3n) is 2.13. The van der Waals surface area contributed by atoms with Gasteiger partial charge in [0.1, 0.15) is 0 Å². The van der Waals surface area contributed by atoms with Crippen LogP contribution in [0.25, 0.3) is 0 Å². The summed E-state index contributed by atoms with van der Waals surface area (Å²) in [4.78, 5) is 23.8. The van der Waals surface area contributed by atoms with Gasteiger partial charge in [0, 0.05) is 16.9 Å². The zero-order valence-corrected chi connectivity index (χ0v) is 11.7. The van der Waals surface area contributed by atoms with Crippen molar-refractivity contribution in [2.75, 3.05) is 11.9 Å². The Hall–Kier alpha value is -2.02. The second-order valence-corrected chi connectivity index (χ2v) is 4.45. The number of rotatable bonds is 4. The van der Waals surface area contributed by atoms with Crippen LogP contribution in [0.1, 0.15) is 17.3 Å². The molecule has 0 aromatic carbocycles. The Morgan fingerprint density at radius 2 is 2.05 bits per heavy atom. The maximum atomic E-state index is 11.9. The van der Waals surface area contributed by atoms with Crippen molar-refractivity contribution >= 4 is 27.5 Å². The molecule has 6 nitrogen and oxygen atoms in total. The first-order valence-corrected chi connectivity index (χ1v) is 6.35. The van der Waals surface area contributed by atoms with Crippen molar-refractivity contribution in [1.29, 1.82) is 0 Å². The van der Waals surface area contributed by atoms with Gasteiger partial charge in [0.05, 0.1) is 30.3 Å². The monoisotopic (exact) mass is 322 g/mol. The van der Waals surface area contributed by atoms with Crippen LogP contribution in [0.5, 0.6) is 6.01 Å². The molecule has 1 amide bonds. The number of hydrogen-bond acceptors (Lipinski definition) is 5. The quantitative estimate of drug-likeness (QED) is 0.934. The van der Waals surface area contributed by atoms with E-state index < -0.39 is 0 Å². The number of anilines is 1. The lowest BCUT2D eigenvalue weighted by Gasteiger charge is -2.05. The number of aromatic nitrogens is 3. The van der Waals surface area contributed by atoms with Crippen molar-refractivity contribution < 1.29 is 9.53 Å². The number of pyridine rings is 1. The smallest absolute Gasteiger partial charge is 0.316 e. The summed E-state index contributed by atoms with van der Waals surface area (Å²) >= 11 is 3.26. The molecule has 2 aromatic rings. The highest BCUT2D eigenvalue weighted by Gasteiger charge is 2.07. The number of ether oxygens (including phenoxy) is 1. The molecule has 2 heterocycles. The molecule has 0 aliphatic rings. The molecule has 98 valence electrons. The maximum absolute atomic E-state index is 11.9. The van der Waals surface area contributed by atoms with Crippen molar-refractivity contribution in [1.82, 2.24) is 15.0 Å². The predicted molar refractivity (Wildman–Crippen MR) is 73.1 cm³/mol. The van der Waals surface area contributed by atoms with Crippen LogP contribution in [0.3, 0.4) is 0 Å². The van der Waals surface area contributed by atoms with Crippen molar-refractivity contribution in [2.24, 2.45) is 0 Å². The Morgan fingerprint density at radius 3 is 2.68 bits per heavy atom. The number of nitrogens with zero attached hydrogens (tertiary/aromatic N) is 3. The van der Waals surface area contributed by atoms with Crippen molar-refractivity contribution in [3.05, 3.63) is 40.9 Å². The molecule has 0 bridgehead atoms. The van der Waals surface area contributed by atoms with E-state index in [2.05, 4.69) is 36.2 Å². The number of halogens is 1. The molecular formula is C12H11BrN4O2. The third-order valence-corrected chi connectivity index (χ3v) is 2.56. The normalized spacial score (nSPS) is 10.0. The molecule has 0 spiro atoms. The summed E-state index contributed by atoms with van der Waals surface area (Å²) < 4.78 is 5.85. The fraction of sp³-hybridized carbons (Fsp3) is 0.167. The van der Waals surface area contributed by atoms with Crippen LogP contribution >= 0.6 is 15.9 Å². The van der Waals surface area contributed by atoms with E-state index in [4.69, 9.17) is 4.74 Å². The third kappa shape index (κ3) is 3.72. The van der Waals surface area contributed by atoms with Crippen LogP contribution in [0.2, 0.25) is 0 Å². The lowest BCUT2D eigenvalue weighted by atomic mass is 10.2. The van der Waals surface area contributed by atoms with E-state index in [0.717, 1.165) is 4.47 Å². The standard InChI is InChI=1S/C12H11BrN4O2/c1-2-19-12-15-6-10(7-16-12)17-11(18)8-3-9(13)5-14-4-8/h3-7H,2H2,1H3,(H,17,18).